The van der Waals surface area contributed by atoms with Crippen molar-refractivity contribution in [2.45, 2.75) is 25.4 Å². The maximum Gasteiger partial charge on any atom is 0.227 e. The Kier molecular flexibility index (Phi) is 4.72. The Morgan fingerprint density at radius 2 is 2.05 bits per heavy atom. The van der Waals surface area contributed by atoms with Crippen LogP contribution in [0.3, 0.4) is 0 Å². The van der Waals surface area contributed by atoms with Crippen molar-refractivity contribution in [1.29, 1.82) is 0 Å². The first-order chi connectivity index (χ1) is 10.3. The number of ether oxygens (including phenoxy) is 2. The minimum Gasteiger partial charge on any atom is -0.486 e. The van der Waals surface area contributed by atoms with Crippen molar-refractivity contribution in [3.8, 4) is 5.75 Å². The van der Waals surface area contributed by atoms with Gasteiger partial charge in [-0.05, 0) is 38.1 Å². The van der Waals surface area contributed by atoms with Gasteiger partial charge in [0, 0.05) is 12.3 Å². The zero-order valence-corrected chi connectivity index (χ0v) is 12.1. The second kappa shape index (κ2) is 6.91. The predicted molar refractivity (Wildman–Crippen MR) is 80.5 cm³/mol. The number of benzene rings is 1. The van der Waals surface area contributed by atoms with Gasteiger partial charge in [-0.15, -0.1) is 0 Å². The molecule has 1 atom stereocenters. The standard InChI is InChI=1S/C16H22N2O3/c19-16(12-5-8-17-9-6-12)18-14-3-1-2-4-15(14)21-13-7-10-20-11-13/h1-4,12-13,17H,5-11H2,(H,18,19). The molecule has 2 fully saturated rings. The Hall–Kier alpha value is -1.59. The van der Waals surface area contributed by atoms with E-state index in [0.29, 0.717) is 6.61 Å². The molecule has 2 heterocycles. The minimum absolute atomic E-state index is 0.0851. The van der Waals surface area contributed by atoms with E-state index in [4.69, 9.17) is 9.47 Å². The van der Waals surface area contributed by atoms with Gasteiger partial charge in [0.1, 0.15) is 11.9 Å². The number of carbonyl (C=O) groups is 1. The summed E-state index contributed by atoms with van der Waals surface area (Å²) in [6.07, 6.45) is 2.77. The highest BCUT2D eigenvalue weighted by atomic mass is 16.5. The molecule has 1 aromatic rings. The molecule has 5 heteroatoms. The third-order valence-electron chi connectivity index (χ3n) is 4.04. The molecule has 0 aromatic heterocycles. The van der Waals surface area contributed by atoms with Crippen LogP contribution < -0.4 is 15.4 Å². The second-order valence-electron chi connectivity index (χ2n) is 5.61. The molecule has 2 aliphatic rings. The van der Waals surface area contributed by atoms with E-state index in [1.165, 1.54) is 0 Å². The molecule has 0 spiro atoms. The Morgan fingerprint density at radius 3 is 2.81 bits per heavy atom. The molecule has 0 saturated carbocycles. The van der Waals surface area contributed by atoms with Gasteiger partial charge in [0.05, 0.1) is 18.9 Å². The van der Waals surface area contributed by atoms with Gasteiger partial charge in [-0.1, -0.05) is 12.1 Å². The monoisotopic (exact) mass is 290 g/mol. The smallest absolute Gasteiger partial charge is 0.227 e. The number of nitrogens with one attached hydrogen (secondary N) is 2. The van der Waals surface area contributed by atoms with Crippen LogP contribution in [0.2, 0.25) is 0 Å². The van der Waals surface area contributed by atoms with Crippen molar-refractivity contribution < 1.29 is 14.3 Å². The molecule has 114 valence electrons. The Bertz CT molecular complexity index is 480. The highest BCUT2D eigenvalue weighted by molar-refractivity contribution is 5.94. The number of piperidine rings is 1. The highest BCUT2D eigenvalue weighted by Gasteiger charge is 2.23. The molecule has 0 bridgehead atoms. The van der Waals surface area contributed by atoms with E-state index >= 15 is 0 Å². The average Bonchev–Trinajstić information content (AvgIpc) is 3.03. The van der Waals surface area contributed by atoms with Crippen LogP contribution in [-0.2, 0) is 9.53 Å². The third-order valence-corrected chi connectivity index (χ3v) is 4.04. The normalized spacial score (nSPS) is 23.0. The summed E-state index contributed by atoms with van der Waals surface area (Å²) in [5.74, 6) is 0.916. The van der Waals surface area contributed by atoms with E-state index in [0.717, 1.165) is 50.4 Å². The van der Waals surface area contributed by atoms with Gasteiger partial charge in [-0.2, -0.15) is 0 Å². The number of amides is 1. The maximum atomic E-state index is 12.3. The highest BCUT2D eigenvalue weighted by Crippen LogP contribution is 2.27. The summed E-state index contributed by atoms with van der Waals surface area (Å²) < 4.78 is 11.3. The Balaban J connectivity index is 1.65. The summed E-state index contributed by atoms with van der Waals surface area (Å²) in [5.41, 5.74) is 0.757. The maximum absolute atomic E-state index is 12.3. The van der Waals surface area contributed by atoms with Gasteiger partial charge in [-0.3, -0.25) is 4.79 Å². The van der Waals surface area contributed by atoms with Gasteiger partial charge in [-0.25, -0.2) is 0 Å². The number of carbonyl (C=O) groups excluding carboxylic acids is 1. The molecule has 0 aliphatic carbocycles. The predicted octanol–water partition coefficient (Wildman–Crippen LogP) is 1.79. The first kappa shape index (κ1) is 14.4. The van der Waals surface area contributed by atoms with Crippen molar-refractivity contribution in [3.05, 3.63) is 24.3 Å². The molecule has 2 aliphatic heterocycles. The van der Waals surface area contributed by atoms with Crippen LogP contribution in [0, 0.1) is 5.92 Å². The fourth-order valence-electron chi connectivity index (χ4n) is 2.78. The summed E-state index contributed by atoms with van der Waals surface area (Å²) in [7, 11) is 0. The Labute approximate surface area is 125 Å². The topological polar surface area (TPSA) is 59.6 Å². The van der Waals surface area contributed by atoms with Crippen LogP contribution >= 0.6 is 0 Å². The van der Waals surface area contributed by atoms with E-state index in [2.05, 4.69) is 10.6 Å². The van der Waals surface area contributed by atoms with Gasteiger partial charge in [0.25, 0.3) is 0 Å². The second-order valence-corrected chi connectivity index (χ2v) is 5.61. The number of rotatable bonds is 4. The molecular formula is C16H22N2O3. The average molecular weight is 290 g/mol. The van der Waals surface area contributed by atoms with Crippen LogP contribution in [0.4, 0.5) is 5.69 Å². The lowest BCUT2D eigenvalue weighted by Crippen LogP contribution is -2.34. The lowest BCUT2D eigenvalue weighted by Gasteiger charge is -2.23. The van der Waals surface area contributed by atoms with Crippen LogP contribution in [-0.4, -0.2) is 38.3 Å². The quantitative estimate of drug-likeness (QED) is 0.887. The lowest BCUT2D eigenvalue weighted by molar-refractivity contribution is -0.120. The van der Waals surface area contributed by atoms with E-state index in [-0.39, 0.29) is 17.9 Å². The molecule has 1 aromatic carbocycles. The van der Waals surface area contributed by atoms with Crippen molar-refractivity contribution in [2.75, 3.05) is 31.6 Å². The van der Waals surface area contributed by atoms with Crippen molar-refractivity contribution in [3.63, 3.8) is 0 Å². The fraction of sp³-hybridized carbons (Fsp3) is 0.562. The molecular weight excluding hydrogens is 268 g/mol. The molecule has 2 saturated heterocycles. The van der Waals surface area contributed by atoms with Crippen molar-refractivity contribution in [2.24, 2.45) is 5.92 Å². The summed E-state index contributed by atoms with van der Waals surface area (Å²) >= 11 is 0. The van der Waals surface area contributed by atoms with E-state index < -0.39 is 0 Å². The zero-order chi connectivity index (χ0) is 14.5. The number of hydrogen-bond acceptors (Lipinski definition) is 4. The molecule has 2 N–H and O–H groups in total. The largest absolute Gasteiger partial charge is 0.486 e. The summed E-state index contributed by atoms with van der Waals surface area (Å²) in [6, 6.07) is 7.63. The minimum atomic E-state index is 0.0851. The SMILES string of the molecule is O=C(Nc1ccccc1OC1CCOC1)C1CCNCC1. The van der Waals surface area contributed by atoms with Gasteiger partial charge < -0.3 is 20.1 Å². The van der Waals surface area contributed by atoms with Crippen molar-refractivity contribution in [1.82, 2.24) is 5.32 Å². The lowest BCUT2D eigenvalue weighted by atomic mass is 9.97. The number of para-hydroxylation sites is 2. The van der Waals surface area contributed by atoms with E-state index in [1.807, 2.05) is 24.3 Å². The molecule has 0 radical (unpaired) electrons. The summed E-state index contributed by atoms with van der Waals surface area (Å²) in [6.45, 7) is 3.19. The first-order valence-corrected chi connectivity index (χ1v) is 7.68. The summed E-state index contributed by atoms with van der Waals surface area (Å²) in [5, 5.41) is 6.30. The first-order valence-electron chi connectivity index (χ1n) is 7.68. The van der Waals surface area contributed by atoms with E-state index in [9.17, 15) is 4.79 Å². The molecule has 1 amide bonds. The van der Waals surface area contributed by atoms with E-state index in [1.54, 1.807) is 0 Å². The van der Waals surface area contributed by atoms with Crippen molar-refractivity contribution >= 4 is 11.6 Å². The fourth-order valence-corrected chi connectivity index (χ4v) is 2.78. The van der Waals surface area contributed by atoms with Crippen LogP contribution in [0.25, 0.3) is 0 Å². The third kappa shape index (κ3) is 3.74. The van der Waals surface area contributed by atoms with Crippen LogP contribution in [0.1, 0.15) is 19.3 Å². The van der Waals surface area contributed by atoms with Crippen LogP contribution in [0.15, 0.2) is 24.3 Å². The van der Waals surface area contributed by atoms with Gasteiger partial charge in [0.15, 0.2) is 0 Å². The van der Waals surface area contributed by atoms with Gasteiger partial charge >= 0.3 is 0 Å². The molecule has 5 nitrogen and oxygen atoms in total. The molecule has 21 heavy (non-hydrogen) atoms. The number of anilines is 1. The zero-order valence-electron chi connectivity index (χ0n) is 12.1. The number of hydrogen-bond donors (Lipinski definition) is 2. The Morgan fingerprint density at radius 1 is 1.24 bits per heavy atom. The van der Waals surface area contributed by atoms with Gasteiger partial charge in [0.2, 0.25) is 5.91 Å². The molecule has 1 unspecified atom stereocenters. The molecule has 3 rings (SSSR count). The summed E-state index contributed by atoms with van der Waals surface area (Å²) in [4.78, 5) is 12.3. The van der Waals surface area contributed by atoms with Crippen LogP contribution in [0.5, 0.6) is 5.75 Å².